The first-order valence-electron chi connectivity index (χ1n) is 11.4. The first-order chi connectivity index (χ1) is 12.3. The highest BCUT2D eigenvalue weighted by Crippen LogP contribution is 2.57. The Morgan fingerprint density at radius 2 is 1.38 bits per heavy atom. The maximum atomic E-state index is 6.86. The topological polar surface area (TPSA) is 21.7 Å². The van der Waals surface area contributed by atoms with E-state index in [9.17, 15) is 0 Å². The molecule has 0 amide bonds. The molecule has 3 fully saturated rings. The van der Waals surface area contributed by atoms with Gasteiger partial charge >= 0.3 is 8.72 Å². The molecule has 4 heteroatoms. The minimum absolute atomic E-state index is 0.158. The lowest BCUT2D eigenvalue weighted by molar-refractivity contribution is -0.0272. The minimum Gasteiger partial charge on any atom is -0.383 e. The molecule has 0 aromatic carbocycles. The van der Waals surface area contributed by atoms with Gasteiger partial charge in [0.15, 0.2) is 0 Å². The van der Waals surface area contributed by atoms with Gasteiger partial charge in [-0.2, -0.15) is 0 Å². The SMILES string of the molecule is CCO[Si](OCC)(C1CCC2CCCCC21)N1C(C)(C)CCCC1(C)C. The van der Waals surface area contributed by atoms with Crippen molar-refractivity contribution >= 4 is 8.72 Å². The third-order valence-corrected chi connectivity index (χ3v) is 12.5. The Balaban J connectivity index is 2.05. The Hall–Kier alpha value is 0.0969. The van der Waals surface area contributed by atoms with Crippen LogP contribution >= 0.6 is 0 Å². The molecule has 3 unspecified atom stereocenters. The van der Waals surface area contributed by atoms with Crippen LogP contribution in [0.1, 0.15) is 99.3 Å². The number of hydrogen-bond acceptors (Lipinski definition) is 3. The lowest BCUT2D eigenvalue weighted by Gasteiger charge is -2.61. The molecule has 1 aliphatic heterocycles. The summed E-state index contributed by atoms with van der Waals surface area (Å²) in [7, 11) is -2.51. The van der Waals surface area contributed by atoms with Crippen molar-refractivity contribution in [3.05, 3.63) is 0 Å². The Morgan fingerprint density at radius 3 is 1.96 bits per heavy atom. The van der Waals surface area contributed by atoms with Gasteiger partial charge in [0, 0.05) is 29.8 Å². The van der Waals surface area contributed by atoms with Gasteiger partial charge in [0.05, 0.1) is 0 Å². The number of hydrogen-bond donors (Lipinski definition) is 0. The second-order valence-electron chi connectivity index (χ2n) is 10.2. The van der Waals surface area contributed by atoms with Crippen LogP contribution in [0.2, 0.25) is 5.54 Å². The molecular weight excluding hydrogens is 338 g/mol. The highest BCUT2D eigenvalue weighted by atomic mass is 28.4. The van der Waals surface area contributed by atoms with Crippen LogP contribution < -0.4 is 0 Å². The van der Waals surface area contributed by atoms with Crippen LogP contribution in [-0.4, -0.2) is 37.6 Å². The lowest BCUT2D eigenvalue weighted by atomic mass is 9.82. The van der Waals surface area contributed by atoms with Crippen LogP contribution in [0.15, 0.2) is 0 Å². The normalized spacial score (nSPS) is 34.6. The van der Waals surface area contributed by atoms with E-state index in [-0.39, 0.29) is 11.1 Å². The summed E-state index contributed by atoms with van der Waals surface area (Å²) in [5.74, 6) is 1.76. The van der Waals surface area contributed by atoms with E-state index in [2.05, 4.69) is 46.1 Å². The van der Waals surface area contributed by atoms with Gasteiger partial charge in [-0.25, -0.2) is 0 Å². The number of nitrogens with zero attached hydrogens (tertiary/aromatic N) is 1. The summed E-state index contributed by atoms with van der Waals surface area (Å²) in [4.78, 5) is 0. The zero-order valence-electron chi connectivity index (χ0n) is 18.3. The average molecular weight is 382 g/mol. The van der Waals surface area contributed by atoms with Gasteiger partial charge in [-0.3, -0.25) is 4.57 Å². The molecule has 3 aliphatic rings. The molecule has 0 aromatic heterocycles. The summed E-state index contributed by atoms with van der Waals surface area (Å²) < 4.78 is 16.5. The molecule has 3 rings (SSSR count). The van der Waals surface area contributed by atoms with E-state index < -0.39 is 8.72 Å². The van der Waals surface area contributed by atoms with Gasteiger partial charge in [0.1, 0.15) is 0 Å². The predicted octanol–water partition coefficient (Wildman–Crippen LogP) is 6.01. The summed E-state index contributed by atoms with van der Waals surface area (Å²) in [6.45, 7) is 15.7. The molecule has 3 atom stereocenters. The van der Waals surface area contributed by atoms with Crippen molar-refractivity contribution in [3.8, 4) is 0 Å². The van der Waals surface area contributed by atoms with E-state index in [1.807, 2.05) is 0 Å². The van der Waals surface area contributed by atoms with Gasteiger partial charge in [-0.1, -0.05) is 19.3 Å². The van der Waals surface area contributed by atoms with Crippen molar-refractivity contribution < 1.29 is 8.85 Å². The zero-order valence-corrected chi connectivity index (χ0v) is 19.3. The highest BCUT2D eigenvalue weighted by molar-refractivity contribution is 6.66. The fourth-order valence-corrected chi connectivity index (χ4v) is 12.3. The summed E-state index contributed by atoms with van der Waals surface area (Å²) in [5.41, 5.74) is 0.959. The van der Waals surface area contributed by atoms with Crippen LogP contribution in [0.4, 0.5) is 0 Å². The Morgan fingerprint density at radius 1 is 0.808 bits per heavy atom. The molecule has 0 radical (unpaired) electrons. The van der Waals surface area contributed by atoms with Crippen LogP contribution in [0.25, 0.3) is 0 Å². The number of fused-ring (bicyclic) bond motifs is 1. The number of piperidine rings is 1. The van der Waals surface area contributed by atoms with Crippen molar-refractivity contribution in [2.45, 2.75) is 116 Å². The monoisotopic (exact) mass is 381 g/mol. The van der Waals surface area contributed by atoms with Gasteiger partial charge in [-0.15, -0.1) is 0 Å². The van der Waals surface area contributed by atoms with Crippen molar-refractivity contribution in [1.29, 1.82) is 0 Å². The molecule has 152 valence electrons. The van der Waals surface area contributed by atoms with E-state index in [1.54, 1.807) is 0 Å². The lowest BCUT2D eigenvalue weighted by Crippen LogP contribution is -2.75. The molecular formula is C22H43NO2Si. The molecule has 0 aromatic rings. The first kappa shape index (κ1) is 20.8. The van der Waals surface area contributed by atoms with Gasteiger partial charge in [-0.05, 0) is 91.9 Å². The van der Waals surface area contributed by atoms with Gasteiger partial charge < -0.3 is 8.85 Å². The summed E-state index contributed by atoms with van der Waals surface area (Å²) in [6.07, 6.45) is 12.2. The number of rotatable bonds is 6. The third kappa shape index (κ3) is 3.56. The second-order valence-corrected chi connectivity index (χ2v) is 13.2. The van der Waals surface area contributed by atoms with Crippen molar-refractivity contribution in [3.63, 3.8) is 0 Å². The largest absolute Gasteiger partial charge is 0.432 e. The second kappa shape index (κ2) is 7.85. The van der Waals surface area contributed by atoms with Crippen LogP contribution in [0.5, 0.6) is 0 Å². The van der Waals surface area contributed by atoms with Crippen molar-refractivity contribution in [1.82, 2.24) is 4.57 Å². The predicted molar refractivity (Wildman–Crippen MR) is 111 cm³/mol. The molecule has 0 N–H and O–H groups in total. The average Bonchev–Trinajstić information content (AvgIpc) is 2.98. The van der Waals surface area contributed by atoms with Gasteiger partial charge in [0.25, 0.3) is 0 Å². The standard InChI is InChI=1S/C22H43NO2Si/c1-7-24-26(25-8-2,20-15-14-18-12-9-10-13-19(18)20)23-21(3,4)16-11-17-22(23,5)6/h18-20H,7-17H2,1-6H3. The van der Waals surface area contributed by atoms with E-state index in [1.165, 1.54) is 57.8 Å². The molecule has 3 nitrogen and oxygen atoms in total. The quantitative estimate of drug-likeness (QED) is 0.526. The van der Waals surface area contributed by atoms with Gasteiger partial charge in [0.2, 0.25) is 0 Å². The molecule has 2 aliphatic carbocycles. The summed E-state index contributed by atoms with van der Waals surface area (Å²) >= 11 is 0. The van der Waals surface area contributed by atoms with Crippen molar-refractivity contribution in [2.24, 2.45) is 11.8 Å². The first-order valence-corrected chi connectivity index (χ1v) is 13.2. The summed E-state index contributed by atoms with van der Waals surface area (Å²) in [6, 6.07) is 0. The van der Waals surface area contributed by atoms with E-state index in [4.69, 9.17) is 8.85 Å². The Kier molecular flexibility index (Phi) is 6.28. The fraction of sp³-hybridized carbons (Fsp3) is 1.00. The zero-order chi connectivity index (χ0) is 19.0. The smallest absolute Gasteiger partial charge is 0.383 e. The third-order valence-electron chi connectivity index (χ3n) is 7.60. The molecule has 1 heterocycles. The van der Waals surface area contributed by atoms with Crippen LogP contribution in [0.3, 0.4) is 0 Å². The molecule has 26 heavy (non-hydrogen) atoms. The van der Waals surface area contributed by atoms with Crippen molar-refractivity contribution in [2.75, 3.05) is 13.2 Å². The Bertz CT molecular complexity index is 457. The Labute approximate surface area is 163 Å². The highest BCUT2D eigenvalue weighted by Gasteiger charge is 2.64. The maximum Gasteiger partial charge on any atom is 0.432 e. The molecule has 0 spiro atoms. The van der Waals surface area contributed by atoms with Crippen LogP contribution in [-0.2, 0) is 8.85 Å². The minimum atomic E-state index is -2.51. The van der Waals surface area contributed by atoms with E-state index >= 15 is 0 Å². The van der Waals surface area contributed by atoms with E-state index in [0.717, 1.165) is 25.0 Å². The molecule has 2 saturated carbocycles. The molecule has 0 bridgehead atoms. The summed E-state index contributed by atoms with van der Waals surface area (Å²) in [5, 5.41) is 0. The van der Waals surface area contributed by atoms with E-state index in [0.29, 0.717) is 5.54 Å². The molecule has 1 saturated heterocycles. The fourth-order valence-electron chi connectivity index (χ4n) is 6.99. The van der Waals surface area contributed by atoms with Crippen LogP contribution in [0, 0.1) is 11.8 Å². The maximum absolute atomic E-state index is 6.86.